The quantitative estimate of drug-likeness (QED) is 0.757. The highest BCUT2D eigenvalue weighted by Crippen LogP contribution is 2.30. The van der Waals surface area contributed by atoms with Crippen molar-refractivity contribution >= 4 is 11.3 Å². The molecule has 0 amide bonds. The van der Waals surface area contributed by atoms with Crippen molar-refractivity contribution in [1.29, 1.82) is 0 Å². The van der Waals surface area contributed by atoms with Crippen molar-refractivity contribution in [2.45, 2.75) is 32.5 Å². The third-order valence-corrected chi connectivity index (χ3v) is 2.58. The zero-order valence-electron chi connectivity index (χ0n) is 7.60. The van der Waals surface area contributed by atoms with Crippen molar-refractivity contribution < 1.29 is 4.39 Å². The van der Waals surface area contributed by atoms with Crippen molar-refractivity contribution in [3.8, 4) is 0 Å². The molecule has 0 aromatic carbocycles. The van der Waals surface area contributed by atoms with E-state index in [0.717, 1.165) is 4.88 Å². The van der Waals surface area contributed by atoms with Gasteiger partial charge in [-0.15, -0.1) is 11.3 Å². The molecule has 0 aliphatic heterocycles. The first-order valence-electron chi connectivity index (χ1n) is 3.89. The van der Waals surface area contributed by atoms with E-state index >= 15 is 0 Å². The summed E-state index contributed by atoms with van der Waals surface area (Å²) < 4.78 is 13.5. The average Bonchev–Trinajstić information content (AvgIpc) is 2.32. The molecule has 1 heterocycles. The predicted molar refractivity (Wildman–Crippen MR) is 51.2 cm³/mol. The molecule has 0 aliphatic rings. The molecule has 2 N–H and O–H groups in total. The molecule has 68 valence electrons. The molecule has 12 heavy (non-hydrogen) atoms. The summed E-state index contributed by atoms with van der Waals surface area (Å²) in [6.07, 6.45) is -1.07. The molecule has 1 nitrogen and oxygen atoms in total. The molecule has 1 aromatic heterocycles. The lowest BCUT2D eigenvalue weighted by Gasteiger charge is -2.22. The summed E-state index contributed by atoms with van der Waals surface area (Å²) in [6, 6.07) is 1.85. The van der Waals surface area contributed by atoms with Gasteiger partial charge in [-0.25, -0.2) is 4.39 Å². The zero-order valence-corrected chi connectivity index (χ0v) is 8.41. The molecular formula is C9H14FNS. The molecule has 1 aromatic rings. The van der Waals surface area contributed by atoms with Crippen LogP contribution in [-0.2, 0) is 0 Å². The summed E-state index contributed by atoms with van der Waals surface area (Å²) >= 11 is 1.55. The van der Waals surface area contributed by atoms with Gasteiger partial charge in [-0.2, -0.15) is 0 Å². The van der Waals surface area contributed by atoms with E-state index in [4.69, 9.17) is 5.73 Å². The second-order valence-corrected chi connectivity index (χ2v) is 4.79. The van der Waals surface area contributed by atoms with Crippen LogP contribution in [0, 0.1) is 6.92 Å². The van der Waals surface area contributed by atoms with Crippen LogP contribution in [-0.4, -0.2) is 5.54 Å². The van der Waals surface area contributed by atoms with Gasteiger partial charge in [0, 0.05) is 10.4 Å². The van der Waals surface area contributed by atoms with Crippen molar-refractivity contribution in [3.05, 3.63) is 21.9 Å². The zero-order chi connectivity index (χ0) is 9.35. The van der Waals surface area contributed by atoms with Gasteiger partial charge in [-0.1, -0.05) is 0 Å². The van der Waals surface area contributed by atoms with Crippen LogP contribution >= 0.6 is 11.3 Å². The number of thiophene rings is 1. The van der Waals surface area contributed by atoms with Crippen LogP contribution < -0.4 is 5.73 Å². The SMILES string of the molecule is Cc1cc(C(F)C(C)(C)N)cs1. The minimum Gasteiger partial charge on any atom is -0.323 e. The largest absolute Gasteiger partial charge is 0.323 e. The lowest BCUT2D eigenvalue weighted by molar-refractivity contribution is 0.224. The first-order chi connectivity index (χ1) is 5.41. The Hall–Kier alpha value is -0.410. The third-order valence-electron chi connectivity index (χ3n) is 1.70. The Morgan fingerprint density at radius 3 is 2.50 bits per heavy atom. The van der Waals surface area contributed by atoms with Gasteiger partial charge in [0.2, 0.25) is 0 Å². The predicted octanol–water partition coefficient (Wildman–Crippen LogP) is 2.80. The summed E-state index contributed by atoms with van der Waals surface area (Å²) in [5.41, 5.74) is 5.56. The van der Waals surface area contributed by atoms with Crippen molar-refractivity contribution in [3.63, 3.8) is 0 Å². The Kier molecular flexibility index (Phi) is 2.54. The van der Waals surface area contributed by atoms with Gasteiger partial charge < -0.3 is 5.73 Å². The van der Waals surface area contributed by atoms with Crippen molar-refractivity contribution in [1.82, 2.24) is 0 Å². The monoisotopic (exact) mass is 187 g/mol. The van der Waals surface area contributed by atoms with Crippen LogP contribution in [0.25, 0.3) is 0 Å². The fourth-order valence-electron chi connectivity index (χ4n) is 1.03. The van der Waals surface area contributed by atoms with Gasteiger partial charge in [-0.05, 0) is 37.8 Å². The molecule has 0 spiro atoms. The van der Waals surface area contributed by atoms with E-state index in [1.165, 1.54) is 0 Å². The number of hydrogen-bond acceptors (Lipinski definition) is 2. The Bertz CT molecular complexity index is 262. The summed E-state index contributed by atoms with van der Waals surface area (Å²) in [5.74, 6) is 0. The standard InChI is InChI=1S/C9H14FNS/c1-6-4-7(5-12-6)8(10)9(2,3)11/h4-5,8H,11H2,1-3H3. The maximum Gasteiger partial charge on any atom is 0.143 e. The molecule has 1 unspecified atom stereocenters. The summed E-state index contributed by atoms with van der Waals surface area (Å²) in [5, 5.41) is 1.83. The Balaban J connectivity index is 2.85. The van der Waals surface area contributed by atoms with Gasteiger partial charge >= 0.3 is 0 Å². The van der Waals surface area contributed by atoms with Crippen LogP contribution in [0.4, 0.5) is 4.39 Å². The average molecular weight is 187 g/mol. The number of aryl methyl sites for hydroxylation is 1. The topological polar surface area (TPSA) is 26.0 Å². The maximum absolute atomic E-state index is 13.5. The molecule has 0 aliphatic carbocycles. The lowest BCUT2D eigenvalue weighted by atomic mass is 9.95. The minimum atomic E-state index is -1.07. The van der Waals surface area contributed by atoms with E-state index in [2.05, 4.69) is 0 Å². The summed E-state index contributed by atoms with van der Waals surface area (Å²) in [4.78, 5) is 1.12. The highest BCUT2D eigenvalue weighted by atomic mass is 32.1. The van der Waals surface area contributed by atoms with Crippen LogP contribution in [0.1, 0.15) is 30.5 Å². The van der Waals surface area contributed by atoms with Gasteiger partial charge in [0.15, 0.2) is 0 Å². The first-order valence-corrected chi connectivity index (χ1v) is 4.77. The third kappa shape index (κ3) is 2.05. The Morgan fingerprint density at radius 2 is 2.17 bits per heavy atom. The fraction of sp³-hybridized carbons (Fsp3) is 0.556. The molecule has 0 fully saturated rings. The summed E-state index contributed by atoms with van der Waals surface area (Å²) in [7, 11) is 0. The second kappa shape index (κ2) is 3.15. The number of halogens is 1. The second-order valence-electron chi connectivity index (χ2n) is 3.67. The van der Waals surface area contributed by atoms with E-state index in [1.807, 2.05) is 18.4 Å². The molecule has 0 radical (unpaired) electrons. The van der Waals surface area contributed by atoms with Crippen LogP contribution in [0.3, 0.4) is 0 Å². The number of rotatable bonds is 2. The highest BCUT2D eigenvalue weighted by Gasteiger charge is 2.26. The molecule has 0 bridgehead atoms. The highest BCUT2D eigenvalue weighted by molar-refractivity contribution is 7.10. The molecule has 1 atom stereocenters. The number of alkyl halides is 1. The molecular weight excluding hydrogens is 173 g/mol. The van der Waals surface area contributed by atoms with Crippen LogP contribution in [0.15, 0.2) is 11.4 Å². The van der Waals surface area contributed by atoms with E-state index in [1.54, 1.807) is 25.2 Å². The Labute approximate surface area is 76.4 Å². The van der Waals surface area contributed by atoms with Gasteiger partial charge in [0.05, 0.1) is 0 Å². The van der Waals surface area contributed by atoms with E-state index in [0.29, 0.717) is 5.56 Å². The smallest absolute Gasteiger partial charge is 0.143 e. The lowest BCUT2D eigenvalue weighted by Crippen LogP contribution is -2.36. The van der Waals surface area contributed by atoms with Gasteiger partial charge in [0.25, 0.3) is 0 Å². The van der Waals surface area contributed by atoms with Gasteiger partial charge in [-0.3, -0.25) is 0 Å². The number of nitrogens with two attached hydrogens (primary N) is 1. The van der Waals surface area contributed by atoms with E-state index < -0.39 is 11.7 Å². The minimum absolute atomic E-state index is 0.699. The van der Waals surface area contributed by atoms with Crippen molar-refractivity contribution in [2.24, 2.45) is 5.73 Å². The fourth-order valence-corrected chi connectivity index (χ4v) is 1.74. The summed E-state index contributed by atoms with van der Waals surface area (Å²) in [6.45, 7) is 5.36. The maximum atomic E-state index is 13.5. The molecule has 1 rings (SSSR count). The number of hydrogen-bond donors (Lipinski definition) is 1. The Morgan fingerprint density at radius 1 is 1.58 bits per heavy atom. The van der Waals surface area contributed by atoms with Crippen molar-refractivity contribution in [2.75, 3.05) is 0 Å². The normalized spacial score (nSPS) is 14.8. The van der Waals surface area contributed by atoms with Crippen LogP contribution in [0.2, 0.25) is 0 Å². The van der Waals surface area contributed by atoms with Gasteiger partial charge in [0.1, 0.15) is 6.17 Å². The molecule has 0 saturated carbocycles. The van der Waals surface area contributed by atoms with E-state index in [9.17, 15) is 4.39 Å². The van der Waals surface area contributed by atoms with Crippen LogP contribution in [0.5, 0.6) is 0 Å². The van der Waals surface area contributed by atoms with E-state index in [-0.39, 0.29) is 0 Å². The first kappa shape index (κ1) is 9.68. The molecule has 3 heteroatoms. The molecule has 0 saturated heterocycles.